The maximum Gasteiger partial charge on any atom is 1.00 e. The van der Waals surface area contributed by atoms with Gasteiger partial charge in [-0.2, -0.15) is 4.98 Å². The summed E-state index contributed by atoms with van der Waals surface area (Å²) in [5.41, 5.74) is 3.28. The fraction of sp³-hybridized carbons (Fsp3) is 0.409. The van der Waals surface area contributed by atoms with Gasteiger partial charge < -0.3 is 21.3 Å². The van der Waals surface area contributed by atoms with Crippen LogP contribution in [0, 0.1) is 0 Å². The molecule has 1 saturated heterocycles. The first kappa shape index (κ1) is 23.7. The summed E-state index contributed by atoms with van der Waals surface area (Å²) >= 11 is 0. The van der Waals surface area contributed by atoms with Gasteiger partial charge in [0, 0.05) is 13.2 Å². The summed E-state index contributed by atoms with van der Waals surface area (Å²) in [6.45, 7) is 3.56. The second-order valence-electron chi connectivity index (χ2n) is 7.34. The number of benzene rings is 1. The smallest absolute Gasteiger partial charge is 1.00 e. The predicted octanol–water partition coefficient (Wildman–Crippen LogP) is 0.571. The molecule has 0 amide bonds. The van der Waals surface area contributed by atoms with Crippen molar-refractivity contribution in [3.63, 3.8) is 0 Å². The van der Waals surface area contributed by atoms with Gasteiger partial charge >= 0.3 is 35.6 Å². The van der Waals surface area contributed by atoms with Gasteiger partial charge in [-0.15, -0.1) is 0 Å². The molecule has 31 heavy (non-hydrogen) atoms. The Kier molecular flexibility index (Phi) is 8.86. The van der Waals surface area contributed by atoms with E-state index in [9.17, 15) is 5.11 Å². The molecule has 1 aliphatic heterocycles. The Balaban J connectivity index is 0.00000181. The Hall–Kier alpha value is -1.97. The van der Waals surface area contributed by atoms with E-state index in [0.29, 0.717) is 42.8 Å². The standard InChI is InChI=1S/C22H27N5O3.Na.H/c1-16(13-28)10-11-23-20-19-21(25-15-24-20)27(18-9-5-6-12-29-18)22(26-19)30-14-17-7-3-2-4-8-17;;/h2-4,7-8,10,15,18,28H,5-6,9,11-14H2,1H3,(H,23,24,25);;/q;+1;-1/b16-10+;;. The summed E-state index contributed by atoms with van der Waals surface area (Å²) in [6.07, 6.45) is 6.31. The maximum absolute atomic E-state index is 9.17. The average molecular weight is 433 g/mol. The Labute approximate surface area is 205 Å². The van der Waals surface area contributed by atoms with Crippen LogP contribution in [-0.4, -0.2) is 44.4 Å². The first-order valence-corrected chi connectivity index (χ1v) is 10.3. The number of imidazole rings is 1. The molecule has 0 aliphatic carbocycles. The molecule has 4 rings (SSSR count). The van der Waals surface area contributed by atoms with Crippen LogP contribution in [0.5, 0.6) is 6.01 Å². The van der Waals surface area contributed by atoms with E-state index < -0.39 is 0 Å². The number of aromatic nitrogens is 4. The zero-order valence-corrected chi connectivity index (χ0v) is 20.1. The Morgan fingerprint density at radius 2 is 2.16 bits per heavy atom. The monoisotopic (exact) mass is 433 g/mol. The third-order valence-electron chi connectivity index (χ3n) is 5.07. The molecule has 3 heterocycles. The zero-order chi connectivity index (χ0) is 20.8. The molecule has 2 N–H and O–H groups in total. The number of fused-ring (bicyclic) bond motifs is 1. The molecule has 0 bridgehead atoms. The number of nitrogens with one attached hydrogen (secondary N) is 1. The fourth-order valence-corrected chi connectivity index (χ4v) is 3.42. The van der Waals surface area contributed by atoms with Gasteiger partial charge in [-0.3, -0.25) is 4.57 Å². The molecule has 0 saturated carbocycles. The summed E-state index contributed by atoms with van der Waals surface area (Å²) in [4.78, 5) is 13.6. The minimum absolute atomic E-state index is 0. The third-order valence-corrected chi connectivity index (χ3v) is 5.07. The molecule has 1 atom stereocenters. The average Bonchev–Trinajstić information content (AvgIpc) is 3.18. The van der Waals surface area contributed by atoms with Crippen molar-refractivity contribution in [1.29, 1.82) is 0 Å². The van der Waals surface area contributed by atoms with Crippen LogP contribution < -0.4 is 39.6 Å². The molecular weight excluding hydrogens is 405 g/mol. The number of nitrogens with zero attached hydrogens (tertiary/aromatic N) is 4. The van der Waals surface area contributed by atoms with Crippen molar-refractivity contribution in [2.75, 3.05) is 25.1 Å². The summed E-state index contributed by atoms with van der Waals surface area (Å²) in [7, 11) is 0. The van der Waals surface area contributed by atoms with Crippen molar-refractivity contribution >= 4 is 17.0 Å². The van der Waals surface area contributed by atoms with E-state index >= 15 is 0 Å². The molecule has 8 nitrogen and oxygen atoms in total. The number of aliphatic hydroxyl groups excluding tert-OH is 1. The molecule has 3 aromatic rings. The Morgan fingerprint density at radius 3 is 2.90 bits per heavy atom. The normalized spacial score (nSPS) is 16.7. The van der Waals surface area contributed by atoms with E-state index in [1.807, 2.05) is 47.9 Å². The summed E-state index contributed by atoms with van der Waals surface area (Å²) in [5.74, 6) is 0.626. The van der Waals surface area contributed by atoms with Crippen LogP contribution in [0.3, 0.4) is 0 Å². The second-order valence-corrected chi connectivity index (χ2v) is 7.34. The van der Waals surface area contributed by atoms with Crippen LogP contribution in [0.2, 0.25) is 0 Å². The first-order chi connectivity index (χ1) is 14.8. The minimum atomic E-state index is -0.159. The molecule has 0 radical (unpaired) electrons. The van der Waals surface area contributed by atoms with Crippen LogP contribution in [0.15, 0.2) is 48.3 Å². The second kappa shape index (κ2) is 11.6. The number of rotatable bonds is 8. The van der Waals surface area contributed by atoms with Crippen molar-refractivity contribution in [2.45, 2.75) is 39.0 Å². The van der Waals surface area contributed by atoms with E-state index in [1.165, 1.54) is 6.33 Å². The Morgan fingerprint density at radius 1 is 1.32 bits per heavy atom. The van der Waals surface area contributed by atoms with Gasteiger partial charge in [-0.25, -0.2) is 9.97 Å². The van der Waals surface area contributed by atoms with Crippen molar-refractivity contribution in [3.8, 4) is 6.01 Å². The molecule has 9 heteroatoms. The molecule has 1 aromatic carbocycles. The van der Waals surface area contributed by atoms with E-state index in [0.717, 1.165) is 30.4 Å². The number of ether oxygens (including phenoxy) is 2. The number of hydrogen-bond donors (Lipinski definition) is 2. The number of hydrogen-bond acceptors (Lipinski definition) is 7. The van der Waals surface area contributed by atoms with Crippen molar-refractivity contribution in [1.82, 2.24) is 19.5 Å². The largest absolute Gasteiger partial charge is 1.00 e. The molecule has 2 aromatic heterocycles. The van der Waals surface area contributed by atoms with Gasteiger partial charge in [0.1, 0.15) is 19.2 Å². The van der Waals surface area contributed by atoms with Crippen LogP contribution >= 0.6 is 0 Å². The first-order valence-electron chi connectivity index (χ1n) is 10.3. The van der Waals surface area contributed by atoms with Gasteiger partial charge in [0.05, 0.1) is 6.61 Å². The molecule has 1 aliphatic rings. The van der Waals surface area contributed by atoms with Crippen LogP contribution in [0.25, 0.3) is 11.2 Å². The van der Waals surface area contributed by atoms with E-state index in [1.54, 1.807) is 0 Å². The minimum Gasteiger partial charge on any atom is -1.00 e. The third kappa shape index (κ3) is 5.84. The van der Waals surface area contributed by atoms with Gasteiger partial charge in [0.15, 0.2) is 17.0 Å². The SMILES string of the molecule is C/C(=C\CNc1ncnc2c1nc(OCc1ccccc1)n2C1CCCCO1)CO.[H-].[Na+]. The van der Waals surface area contributed by atoms with Gasteiger partial charge in [-0.1, -0.05) is 42.0 Å². The zero-order valence-electron chi connectivity index (χ0n) is 19.1. The molecule has 160 valence electrons. The van der Waals surface area contributed by atoms with Crippen LogP contribution in [0.4, 0.5) is 5.82 Å². The Bertz CT molecular complexity index is 1010. The van der Waals surface area contributed by atoms with E-state index in [4.69, 9.17) is 14.5 Å². The quantitative estimate of drug-likeness (QED) is 0.396. The maximum atomic E-state index is 9.17. The number of anilines is 1. The van der Waals surface area contributed by atoms with Gasteiger partial charge in [0.25, 0.3) is 0 Å². The van der Waals surface area contributed by atoms with Crippen LogP contribution in [0.1, 0.15) is 39.4 Å². The molecule has 1 unspecified atom stereocenters. The molecule has 1 fully saturated rings. The summed E-state index contributed by atoms with van der Waals surface area (Å²) < 4.78 is 14.1. The summed E-state index contributed by atoms with van der Waals surface area (Å²) in [5, 5.41) is 12.4. The topological polar surface area (TPSA) is 94.3 Å². The van der Waals surface area contributed by atoms with Crippen molar-refractivity contribution < 1.29 is 45.6 Å². The van der Waals surface area contributed by atoms with E-state index in [-0.39, 0.29) is 43.8 Å². The van der Waals surface area contributed by atoms with Crippen molar-refractivity contribution in [2.24, 2.45) is 0 Å². The van der Waals surface area contributed by atoms with Crippen LogP contribution in [-0.2, 0) is 11.3 Å². The summed E-state index contributed by atoms with van der Waals surface area (Å²) in [6, 6.07) is 10.5. The van der Waals surface area contributed by atoms with Gasteiger partial charge in [-0.05, 0) is 31.7 Å². The van der Waals surface area contributed by atoms with Gasteiger partial charge in [0.2, 0.25) is 0 Å². The molecular formula is C22H28N5NaO3. The molecule has 0 spiro atoms. The van der Waals surface area contributed by atoms with Crippen molar-refractivity contribution in [3.05, 3.63) is 53.9 Å². The van der Waals surface area contributed by atoms with E-state index in [2.05, 4.69) is 15.3 Å². The number of aliphatic hydroxyl groups is 1. The fourth-order valence-electron chi connectivity index (χ4n) is 3.42. The predicted molar refractivity (Wildman–Crippen MR) is 115 cm³/mol.